The summed E-state index contributed by atoms with van der Waals surface area (Å²) in [5, 5.41) is 14.7. The molecule has 7 heteroatoms. The van der Waals surface area contributed by atoms with E-state index in [1.54, 1.807) is 6.21 Å². The zero-order chi connectivity index (χ0) is 17.9. The highest BCUT2D eigenvalue weighted by atomic mass is 16.6. The molecule has 1 amide bonds. The topological polar surface area (TPSA) is 89.5 Å². The SMILES string of the molecule is Cc1cc(/C=N\NC(=O)c2cccc([N+](=O)[O-])c2)c(C)n1C(C)C. The molecule has 0 aliphatic carbocycles. The third-order valence-electron chi connectivity index (χ3n) is 3.73. The molecule has 1 aromatic heterocycles. The van der Waals surface area contributed by atoms with E-state index in [2.05, 4.69) is 28.9 Å². The molecule has 0 saturated carbocycles. The number of hydrazone groups is 1. The fraction of sp³-hybridized carbons (Fsp3) is 0.294. The van der Waals surface area contributed by atoms with Crippen molar-refractivity contribution in [3.63, 3.8) is 0 Å². The first kappa shape index (κ1) is 17.4. The highest BCUT2D eigenvalue weighted by Crippen LogP contribution is 2.18. The van der Waals surface area contributed by atoms with Crippen LogP contribution in [0.1, 0.15) is 47.2 Å². The second kappa shape index (κ2) is 7.08. The van der Waals surface area contributed by atoms with Crippen molar-refractivity contribution in [2.75, 3.05) is 0 Å². The maximum Gasteiger partial charge on any atom is 0.271 e. The number of amides is 1. The molecule has 126 valence electrons. The minimum Gasteiger partial charge on any atom is -0.346 e. The van der Waals surface area contributed by atoms with Crippen LogP contribution >= 0.6 is 0 Å². The van der Waals surface area contributed by atoms with E-state index in [-0.39, 0.29) is 11.3 Å². The summed E-state index contributed by atoms with van der Waals surface area (Å²) in [4.78, 5) is 22.2. The molecule has 0 saturated heterocycles. The first-order valence-electron chi connectivity index (χ1n) is 7.57. The number of non-ortho nitro benzene ring substituents is 1. The minimum atomic E-state index is -0.541. The summed E-state index contributed by atoms with van der Waals surface area (Å²) in [7, 11) is 0. The Balaban J connectivity index is 2.12. The number of rotatable bonds is 5. The van der Waals surface area contributed by atoms with Gasteiger partial charge in [-0.05, 0) is 39.8 Å². The first-order chi connectivity index (χ1) is 11.3. The van der Waals surface area contributed by atoms with Crippen LogP contribution in [0.4, 0.5) is 5.69 Å². The van der Waals surface area contributed by atoms with Gasteiger partial charge >= 0.3 is 0 Å². The molecular formula is C17H20N4O3. The van der Waals surface area contributed by atoms with E-state index < -0.39 is 10.8 Å². The van der Waals surface area contributed by atoms with E-state index in [1.807, 2.05) is 19.9 Å². The third-order valence-corrected chi connectivity index (χ3v) is 3.73. The number of nitrogens with one attached hydrogen (secondary N) is 1. The molecule has 1 heterocycles. The van der Waals surface area contributed by atoms with Crippen LogP contribution in [0.25, 0.3) is 0 Å². The Morgan fingerprint density at radius 1 is 1.33 bits per heavy atom. The lowest BCUT2D eigenvalue weighted by Crippen LogP contribution is -2.17. The fourth-order valence-electron chi connectivity index (χ4n) is 2.71. The van der Waals surface area contributed by atoms with Crippen molar-refractivity contribution in [1.29, 1.82) is 0 Å². The molecule has 24 heavy (non-hydrogen) atoms. The highest BCUT2D eigenvalue weighted by molar-refractivity contribution is 5.95. The number of benzene rings is 1. The van der Waals surface area contributed by atoms with Crippen molar-refractivity contribution >= 4 is 17.8 Å². The number of aryl methyl sites for hydroxylation is 1. The van der Waals surface area contributed by atoms with Crippen LogP contribution in [0, 0.1) is 24.0 Å². The number of aromatic nitrogens is 1. The van der Waals surface area contributed by atoms with Crippen molar-refractivity contribution in [3.05, 3.63) is 63.0 Å². The second-order valence-electron chi connectivity index (χ2n) is 5.80. The molecule has 0 fully saturated rings. The van der Waals surface area contributed by atoms with Gasteiger partial charge in [-0.25, -0.2) is 5.43 Å². The molecule has 0 atom stereocenters. The molecule has 0 radical (unpaired) electrons. The summed E-state index contributed by atoms with van der Waals surface area (Å²) in [6.07, 6.45) is 1.58. The zero-order valence-corrected chi connectivity index (χ0v) is 14.1. The zero-order valence-electron chi connectivity index (χ0n) is 14.1. The summed E-state index contributed by atoms with van der Waals surface area (Å²) >= 11 is 0. The Hall–Kier alpha value is -2.96. The van der Waals surface area contributed by atoms with Gasteiger partial charge < -0.3 is 4.57 Å². The molecular weight excluding hydrogens is 308 g/mol. The summed E-state index contributed by atoms with van der Waals surface area (Å²) in [6.45, 7) is 8.22. The molecule has 1 N–H and O–H groups in total. The van der Waals surface area contributed by atoms with Crippen molar-refractivity contribution in [1.82, 2.24) is 9.99 Å². The van der Waals surface area contributed by atoms with Crippen LogP contribution in [0.3, 0.4) is 0 Å². The van der Waals surface area contributed by atoms with E-state index in [0.717, 1.165) is 17.0 Å². The van der Waals surface area contributed by atoms with Crippen LogP contribution in [-0.4, -0.2) is 21.6 Å². The lowest BCUT2D eigenvalue weighted by Gasteiger charge is -2.13. The lowest BCUT2D eigenvalue weighted by molar-refractivity contribution is -0.384. The van der Waals surface area contributed by atoms with Crippen molar-refractivity contribution in [2.45, 2.75) is 33.7 Å². The van der Waals surface area contributed by atoms with Crippen LogP contribution in [0.5, 0.6) is 0 Å². The van der Waals surface area contributed by atoms with Gasteiger partial charge in [0.15, 0.2) is 0 Å². The molecule has 2 rings (SSSR count). The van der Waals surface area contributed by atoms with E-state index in [1.165, 1.54) is 24.3 Å². The Labute approximate surface area is 140 Å². The molecule has 7 nitrogen and oxygen atoms in total. The van der Waals surface area contributed by atoms with Crippen molar-refractivity contribution < 1.29 is 9.72 Å². The minimum absolute atomic E-state index is 0.132. The Bertz CT molecular complexity index is 806. The second-order valence-corrected chi connectivity index (χ2v) is 5.80. The number of hydrogen-bond donors (Lipinski definition) is 1. The number of hydrogen-bond acceptors (Lipinski definition) is 4. The van der Waals surface area contributed by atoms with Gasteiger partial charge in [-0.15, -0.1) is 0 Å². The molecule has 1 aromatic carbocycles. The number of nitro groups is 1. The third kappa shape index (κ3) is 3.68. The van der Waals surface area contributed by atoms with Crippen LogP contribution in [-0.2, 0) is 0 Å². The predicted molar refractivity (Wildman–Crippen MR) is 92.4 cm³/mol. The largest absolute Gasteiger partial charge is 0.346 e. The molecule has 0 bridgehead atoms. The summed E-state index contributed by atoms with van der Waals surface area (Å²) < 4.78 is 2.18. The van der Waals surface area contributed by atoms with Crippen molar-refractivity contribution in [2.24, 2.45) is 5.10 Å². The average Bonchev–Trinajstić information content (AvgIpc) is 2.81. The summed E-state index contributed by atoms with van der Waals surface area (Å²) in [6, 6.07) is 7.86. The predicted octanol–water partition coefficient (Wildman–Crippen LogP) is 3.36. The quantitative estimate of drug-likeness (QED) is 0.518. The summed E-state index contributed by atoms with van der Waals surface area (Å²) in [5.74, 6) is -0.493. The number of carbonyl (C=O) groups is 1. The van der Waals surface area contributed by atoms with Gasteiger partial charge in [-0.2, -0.15) is 5.10 Å². The van der Waals surface area contributed by atoms with Gasteiger partial charge in [0.2, 0.25) is 0 Å². The maximum atomic E-state index is 12.0. The molecule has 0 spiro atoms. The first-order valence-corrected chi connectivity index (χ1v) is 7.57. The standard InChI is InChI=1S/C17H20N4O3/c1-11(2)20-12(3)8-15(13(20)4)10-18-19-17(22)14-6-5-7-16(9-14)21(23)24/h5-11H,1-4H3,(H,19,22)/b18-10-. The van der Waals surface area contributed by atoms with Crippen LogP contribution in [0.2, 0.25) is 0 Å². The van der Waals surface area contributed by atoms with E-state index in [9.17, 15) is 14.9 Å². The molecule has 2 aromatic rings. The number of nitrogens with zero attached hydrogens (tertiary/aromatic N) is 3. The maximum absolute atomic E-state index is 12.0. The lowest BCUT2D eigenvalue weighted by atomic mass is 10.2. The van der Waals surface area contributed by atoms with E-state index >= 15 is 0 Å². The molecule has 0 unspecified atom stereocenters. The Morgan fingerprint density at radius 2 is 2.04 bits per heavy atom. The van der Waals surface area contributed by atoms with Gasteiger partial charge in [0.25, 0.3) is 11.6 Å². The van der Waals surface area contributed by atoms with Gasteiger partial charge in [-0.1, -0.05) is 6.07 Å². The summed E-state index contributed by atoms with van der Waals surface area (Å²) in [5.41, 5.74) is 5.56. The van der Waals surface area contributed by atoms with Crippen LogP contribution in [0.15, 0.2) is 35.4 Å². The van der Waals surface area contributed by atoms with Crippen molar-refractivity contribution in [3.8, 4) is 0 Å². The monoisotopic (exact) mass is 328 g/mol. The molecule has 0 aliphatic rings. The van der Waals surface area contributed by atoms with E-state index in [4.69, 9.17) is 0 Å². The Kier molecular flexibility index (Phi) is 5.13. The Morgan fingerprint density at radius 3 is 2.62 bits per heavy atom. The van der Waals surface area contributed by atoms with Gasteiger partial charge in [-0.3, -0.25) is 14.9 Å². The number of carbonyl (C=O) groups excluding carboxylic acids is 1. The van der Waals surface area contributed by atoms with Gasteiger partial charge in [0.1, 0.15) is 0 Å². The number of nitro benzene ring substituents is 1. The molecule has 0 aliphatic heterocycles. The van der Waals surface area contributed by atoms with Gasteiger partial charge in [0.05, 0.1) is 11.1 Å². The van der Waals surface area contributed by atoms with Crippen LogP contribution < -0.4 is 5.43 Å². The average molecular weight is 328 g/mol. The highest BCUT2D eigenvalue weighted by Gasteiger charge is 2.12. The van der Waals surface area contributed by atoms with E-state index in [0.29, 0.717) is 6.04 Å². The van der Waals surface area contributed by atoms with Gasteiger partial charge in [0, 0.05) is 40.7 Å². The fourth-order valence-corrected chi connectivity index (χ4v) is 2.71. The smallest absolute Gasteiger partial charge is 0.271 e. The normalized spacial score (nSPS) is 11.2.